The first-order chi connectivity index (χ1) is 9.06. The van der Waals surface area contributed by atoms with E-state index < -0.39 is 11.6 Å². The smallest absolute Gasteiger partial charge is 0.222 e. The third kappa shape index (κ3) is 6.08. The predicted molar refractivity (Wildman–Crippen MR) is 78.1 cm³/mol. The van der Waals surface area contributed by atoms with E-state index in [0.29, 0.717) is 11.6 Å². The van der Waals surface area contributed by atoms with E-state index >= 15 is 0 Å². The Bertz CT molecular complexity index is 454. The van der Waals surface area contributed by atoms with E-state index in [9.17, 15) is 8.78 Å². The van der Waals surface area contributed by atoms with Gasteiger partial charge in [0, 0.05) is 24.5 Å². The van der Waals surface area contributed by atoms with Crippen LogP contribution >= 0.6 is 0 Å². The van der Waals surface area contributed by atoms with Crippen LogP contribution < -0.4 is 5.32 Å². The van der Waals surface area contributed by atoms with E-state index in [1.165, 1.54) is 6.07 Å². The van der Waals surface area contributed by atoms with Crippen LogP contribution in [-0.2, 0) is 0 Å². The summed E-state index contributed by atoms with van der Waals surface area (Å²) in [6.07, 6.45) is 0.804. The highest BCUT2D eigenvalue weighted by Crippen LogP contribution is 2.13. The number of anilines is 1. The van der Waals surface area contributed by atoms with Gasteiger partial charge in [0.2, 0.25) is 5.96 Å². The van der Waals surface area contributed by atoms with Gasteiger partial charge in [-0.25, -0.2) is 13.8 Å². The summed E-state index contributed by atoms with van der Waals surface area (Å²) in [5.74, 6) is -1.41. The van der Waals surface area contributed by atoms with Gasteiger partial charge >= 0.3 is 0 Å². The Labute approximate surface area is 113 Å². The molecule has 1 N–H and O–H groups in total. The van der Waals surface area contributed by atoms with Crippen molar-refractivity contribution in [1.82, 2.24) is 0 Å². The molecule has 0 fully saturated rings. The topological polar surface area (TPSA) is 36.8 Å². The van der Waals surface area contributed by atoms with Crippen LogP contribution in [0.5, 0.6) is 0 Å². The fourth-order valence-electron chi connectivity index (χ4n) is 1.10. The lowest BCUT2D eigenvalue weighted by atomic mass is 10.3. The zero-order valence-electron chi connectivity index (χ0n) is 12.1. The molecule has 0 saturated heterocycles. The zero-order valence-corrected chi connectivity index (χ0v) is 12.1. The summed E-state index contributed by atoms with van der Waals surface area (Å²) in [5, 5.41) is 2.82. The van der Waals surface area contributed by atoms with Crippen molar-refractivity contribution in [2.75, 3.05) is 12.4 Å². The van der Waals surface area contributed by atoms with Crippen LogP contribution in [0.1, 0.15) is 34.1 Å². The number of hydrogen-bond donors (Lipinski definition) is 1. The van der Waals surface area contributed by atoms with Crippen molar-refractivity contribution in [1.29, 1.82) is 0 Å². The molecule has 0 aliphatic rings. The van der Waals surface area contributed by atoms with Crippen molar-refractivity contribution in [3.8, 4) is 0 Å². The average molecular weight is 269 g/mol. The van der Waals surface area contributed by atoms with Crippen LogP contribution in [0, 0.1) is 11.6 Å². The first-order valence-electron chi connectivity index (χ1n) is 6.29. The Morgan fingerprint density at radius 1 is 1.21 bits per heavy atom. The Morgan fingerprint density at radius 3 is 2.32 bits per heavy atom. The maximum atomic E-state index is 13.0. The van der Waals surface area contributed by atoms with Crippen molar-refractivity contribution in [3.63, 3.8) is 0 Å². The average Bonchev–Trinajstić information content (AvgIpc) is 2.44. The van der Waals surface area contributed by atoms with Gasteiger partial charge in [0.25, 0.3) is 0 Å². The third-order valence-electron chi connectivity index (χ3n) is 2.20. The summed E-state index contributed by atoms with van der Waals surface area (Å²) in [6.45, 7) is 7.85. The SMILES string of the molecule is CC.CC/C(C)=N\C(=NC)Nc1ccc(F)c(F)c1. The molecule has 1 aromatic rings. The number of guanidine groups is 1. The summed E-state index contributed by atoms with van der Waals surface area (Å²) in [5.41, 5.74) is 1.32. The van der Waals surface area contributed by atoms with Gasteiger partial charge in [-0.15, -0.1) is 0 Å². The molecule has 0 bridgehead atoms. The van der Waals surface area contributed by atoms with E-state index in [2.05, 4.69) is 15.3 Å². The van der Waals surface area contributed by atoms with Crippen LogP contribution in [-0.4, -0.2) is 18.7 Å². The van der Waals surface area contributed by atoms with E-state index in [1.807, 2.05) is 27.7 Å². The fourth-order valence-corrected chi connectivity index (χ4v) is 1.10. The molecule has 0 atom stereocenters. The minimum atomic E-state index is -0.901. The molecule has 0 aromatic heterocycles. The first-order valence-corrected chi connectivity index (χ1v) is 6.29. The molecular weight excluding hydrogens is 248 g/mol. The number of hydrogen-bond acceptors (Lipinski definition) is 1. The van der Waals surface area contributed by atoms with Gasteiger partial charge in [-0.1, -0.05) is 20.8 Å². The number of halogens is 2. The van der Waals surface area contributed by atoms with Crippen molar-refractivity contribution in [3.05, 3.63) is 29.8 Å². The summed E-state index contributed by atoms with van der Waals surface area (Å²) >= 11 is 0. The molecule has 0 heterocycles. The van der Waals surface area contributed by atoms with Crippen LogP contribution in [0.2, 0.25) is 0 Å². The Balaban J connectivity index is 0.00000154. The molecule has 0 aliphatic carbocycles. The largest absolute Gasteiger partial charge is 0.324 e. The van der Waals surface area contributed by atoms with Gasteiger partial charge < -0.3 is 5.32 Å². The van der Waals surface area contributed by atoms with Gasteiger partial charge in [-0.05, 0) is 25.5 Å². The van der Waals surface area contributed by atoms with E-state index in [-0.39, 0.29) is 0 Å². The van der Waals surface area contributed by atoms with E-state index in [0.717, 1.165) is 24.3 Å². The van der Waals surface area contributed by atoms with Crippen molar-refractivity contribution in [2.24, 2.45) is 9.98 Å². The van der Waals surface area contributed by atoms with Gasteiger partial charge in [-0.3, -0.25) is 4.99 Å². The van der Waals surface area contributed by atoms with Crippen LogP contribution in [0.15, 0.2) is 28.2 Å². The quantitative estimate of drug-likeness (QED) is 0.632. The highest BCUT2D eigenvalue weighted by Gasteiger charge is 2.04. The van der Waals surface area contributed by atoms with Crippen LogP contribution in [0.3, 0.4) is 0 Å². The lowest BCUT2D eigenvalue weighted by Gasteiger charge is -2.06. The standard InChI is InChI=1S/C12H15F2N3.C2H6/c1-4-8(2)16-12(15-3)17-9-5-6-10(13)11(14)7-9;1-2/h5-7H,4H2,1-3H3,(H,15,17);1-2H3/b16-8-;. The second-order valence-corrected chi connectivity index (χ2v) is 3.50. The van der Waals surface area contributed by atoms with Crippen molar-refractivity contribution in [2.45, 2.75) is 34.1 Å². The molecular formula is C14H21F2N3. The summed E-state index contributed by atoms with van der Waals surface area (Å²) in [4.78, 5) is 8.13. The zero-order chi connectivity index (χ0) is 14.8. The number of aliphatic imine (C=N–C) groups is 2. The molecule has 5 heteroatoms. The molecule has 0 aliphatic heterocycles. The number of nitrogens with one attached hydrogen (secondary N) is 1. The maximum Gasteiger partial charge on any atom is 0.222 e. The number of benzene rings is 1. The minimum Gasteiger partial charge on any atom is -0.324 e. The van der Waals surface area contributed by atoms with Gasteiger partial charge in [-0.2, -0.15) is 0 Å². The molecule has 0 spiro atoms. The van der Waals surface area contributed by atoms with Crippen LogP contribution in [0.25, 0.3) is 0 Å². The number of nitrogens with zero attached hydrogens (tertiary/aromatic N) is 2. The summed E-state index contributed by atoms with van der Waals surface area (Å²) < 4.78 is 25.7. The summed E-state index contributed by atoms with van der Waals surface area (Å²) in [6, 6.07) is 3.55. The molecule has 0 saturated carbocycles. The third-order valence-corrected chi connectivity index (χ3v) is 2.20. The highest BCUT2D eigenvalue weighted by molar-refractivity contribution is 6.02. The lowest BCUT2D eigenvalue weighted by Crippen LogP contribution is -2.11. The van der Waals surface area contributed by atoms with Gasteiger partial charge in [0.15, 0.2) is 11.6 Å². The Hall–Kier alpha value is -1.78. The van der Waals surface area contributed by atoms with E-state index in [1.54, 1.807) is 7.05 Å². The number of rotatable bonds is 2. The summed E-state index contributed by atoms with van der Waals surface area (Å²) in [7, 11) is 1.58. The second kappa shape index (κ2) is 9.19. The Morgan fingerprint density at radius 2 is 1.84 bits per heavy atom. The van der Waals surface area contributed by atoms with Crippen molar-refractivity contribution >= 4 is 17.4 Å². The van der Waals surface area contributed by atoms with Gasteiger partial charge in [0.1, 0.15) is 0 Å². The minimum absolute atomic E-state index is 0.371. The van der Waals surface area contributed by atoms with Gasteiger partial charge in [0.05, 0.1) is 0 Å². The monoisotopic (exact) mass is 269 g/mol. The normalized spacial score (nSPS) is 11.7. The second-order valence-electron chi connectivity index (χ2n) is 3.50. The van der Waals surface area contributed by atoms with E-state index in [4.69, 9.17) is 0 Å². The molecule has 1 aromatic carbocycles. The molecule has 1 rings (SSSR count). The predicted octanol–water partition coefficient (Wildman–Crippen LogP) is 4.26. The molecule has 0 radical (unpaired) electrons. The van der Waals surface area contributed by atoms with Crippen molar-refractivity contribution < 1.29 is 8.78 Å². The van der Waals surface area contributed by atoms with Crippen LogP contribution in [0.4, 0.5) is 14.5 Å². The first kappa shape index (κ1) is 17.2. The molecule has 19 heavy (non-hydrogen) atoms. The lowest BCUT2D eigenvalue weighted by molar-refractivity contribution is 0.509. The fraction of sp³-hybridized carbons (Fsp3) is 0.429. The molecule has 0 unspecified atom stereocenters. The molecule has 3 nitrogen and oxygen atoms in total. The highest BCUT2D eigenvalue weighted by atomic mass is 19.2. The maximum absolute atomic E-state index is 13.0. The molecule has 0 amide bonds. The molecule has 106 valence electrons. The Kier molecular flexibility index (Phi) is 8.33.